The van der Waals surface area contributed by atoms with Crippen molar-refractivity contribution in [2.24, 2.45) is 0 Å². The molecular formula is C14H18N2O. The zero-order valence-corrected chi connectivity index (χ0v) is 10.3. The van der Waals surface area contributed by atoms with Crippen molar-refractivity contribution < 1.29 is 4.79 Å². The Morgan fingerprint density at radius 2 is 2.00 bits per heavy atom. The summed E-state index contributed by atoms with van der Waals surface area (Å²) in [6.45, 7) is 3.03. The number of hydrogen-bond acceptors (Lipinski definition) is 2. The van der Waals surface area contributed by atoms with Crippen LogP contribution in [-0.2, 0) is 17.8 Å². The number of rotatable bonds is 1. The maximum atomic E-state index is 11.7. The number of fused-ring (bicyclic) bond motifs is 1. The summed E-state index contributed by atoms with van der Waals surface area (Å²) < 4.78 is 0. The summed E-state index contributed by atoms with van der Waals surface area (Å²) in [7, 11) is 2.15. The van der Waals surface area contributed by atoms with Crippen LogP contribution in [0.1, 0.15) is 24.0 Å². The molecule has 0 spiro atoms. The van der Waals surface area contributed by atoms with E-state index in [1.165, 1.54) is 11.1 Å². The molecule has 0 radical (unpaired) electrons. The Morgan fingerprint density at radius 1 is 1.12 bits per heavy atom. The number of nitrogens with zero attached hydrogens (tertiary/aromatic N) is 2. The molecule has 0 unspecified atom stereocenters. The Hall–Kier alpha value is -1.35. The van der Waals surface area contributed by atoms with E-state index in [-0.39, 0.29) is 5.91 Å². The molecule has 3 rings (SSSR count). The van der Waals surface area contributed by atoms with Gasteiger partial charge in [0.2, 0.25) is 5.91 Å². The maximum Gasteiger partial charge on any atom is 0.227 e. The number of carbonyl (C=O) groups excluding carboxylic acids is 1. The van der Waals surface area contributed by atoms with Gasteiger partial charge in [0.15, 0.2) is 0 Å². The first-order valence-corrected chi connectivity index (χ1v) is 6.35. The first-order chi connectivity index (χ1) is 8.24. The molecule has 1 aromatic carbocycles. The maximum absolute atomic E-state index is 11.7. The van der Waals surface area contributed by atoms with Crippen LogP contribution in [0.25, 0.3) is 0 Å². The molecule has 0 N–H and O–H groups in total. The number of amides is 1. The van der Waals surface area contributed by atoms with Crippen LogP contribution in [0, 0.1) is 0 Å². The van der Waals surface area contributed by atoms with Crippen molar-refractivity contribution in [2.45, 2.75) is 25.8 Å². The molecule has 0 bridgehead atoms. The van der Waals surface area contributed by atoms with Gasteiger partial charge in [0.1, 0.15) is 0 Å². The summed E-state index contributed by atoms with van der Waals surface area (Å²) in [5.41, 5.74) is 3.92. The zero-order chi connectivity index (χ0) is 11.8. The molecule has 0 aliphatic carbocycles. The van der Waals surface area contributed by atoms with E-state index >= 15 is 0 Å². The summed E-state index contributed by atoms with van der Waals surface area (Å²) in [6.07, 6.45) is 2.81. The van der Waals surface area contributed by atoms with Crippen LogP contribution in [0.4, 0.5) is 5.69 Å². The van der Waals surface area contributed by atoms with Gasteiger partial charge in [-0.1, -0.05) is 6.07 Å². The molecule has 1 amide bonds. The topological polar surface area (TPSA) is 23.6 Å². The van der Waals surface area contributed by atoms with Crippen molar-refractivity contribution in [2.75, 3.05) is 25.0 Å². The quantitative estimate of drug-likeness (QED) is 0.734. The highest BCUT2D eigenvalue weighted by atomic mass is 16.2. The lowest BCUT2D eigenvalue weighted by Crippen LogP contribution is -2.28. The Balaban J connectivity index is 1.90. The molecule has 0 aromatic heterocycles. The molecule has 2 aliphatic heterocycles. The Kier molecular flexibility index (Phi) is 2.63. The standard InChI is InChI=1S/C14H18N2O/c1-15-8-6-11-9-13(5-4-12(11)10-15)16-7-2-3-14(16)17/h4-5,9H,2-3,6-8,10H2,1H3. The predicted molar refractivity (Wildman–Crippen MR) is 68.1 cm³/mol. The van der Waals surface area contributed by atoms with E-state index in [9.17, 15) is 4.79 Å². The molecule has 17 heavy (non-hydrogen) atoms. The van der Waals surface area contributed by atoms with Gasteiger partial charge in [-0.05, 0) is 43.1 Å². The largest absolute Gasteiger partial charge is 0.312 e. The number of carbonyl (C=O) groups is 1. The van der Waals surface area contributed by atoms with Crippen molar-refractivity contribution >= 4 is 11.6 Å². The van der Waals surface area contributed by atoms with Gasteiger partial charge in [-0.3, -0.25) is 4.79 Å². The highest BCUT2D eigenvalue weighted by Crippen LogP contribution is 2.26. The lowest BCUT2D eigenvalue weighted by Gasteiger charge is -2.26. The van der Waals surface area contributed by atoms with E-state index in [4.69, 9.17) is 0 Å². The minimum absolute atomic E-state index is 0.276. The number of benzene rings is 1. The van der Waals surface area contributed by atoms with Crippen molar-refractivity contribution in [3.05, 3.63) is 29.3 Å². The Labute approximate surface area is 102 Å². The molecular weight excluding hydrogens is 212 g/mol. The van der Waals surface area contributed by atoms with E-state index in [0.717, 1.165) is 38.2 Å². The molecule has 1 saturated heterocycles. The predicted octanol–water partition coefficient (Wildman–Crippen LogP) is 1.80. The van der Waals surface area contributed by atoms with Crippen LogP contribution in [0.15, 0.2) is 18.2 Å². The van der Waals surface area contributed by atoms with Crippen molar-refractivity contribution in [3.63, 3.8) is 0 Å². The summed E-state index contributed by atoms with van der Waals surface area (Å²) in [5, 5.41) is 0. The summed E-state index contributed by atoms with van der Waals surface area (Å²) in [5.74, 6) is 0.276. The van der Waals surface area contributed by atoms with Crippen molar-refractivity contribution in [3.8, 4) is 0 Å². The van der Waals surface area contributed by atoms with Gasteiger partial charge in [-0.15, -0.1) is 0 Å². The van der Waals surface area contributed by atoms with Crippen LogP contribution in [0.2, 0.25) is 0 Å². The normalized spacial score (nSPS) is 20.8. The third-order valence-electron chi connectivity index (χ3n) is 3.78. The van der Waals surface area contributed by atoms with Gasteiger partial charge in [-0.25, -0.2) is 0 Å². The van der Waals surface area contributed by atoms with Gasteiger partial charge >= 0.3 is 0 Å². The van der Waals surface area contributed by atoms with Gasteiger partial charge in [0.05, 0.1) is 0 Å². The van der Waals surface area contributed by atoms with Gasteiger partial charge in [0.25, 0.3) is 0 Å². The fourth-order valence-electron chi connectivity index (χ4n) is 2.77. The lowest BCUT2D eigenvalue weighted by atomic mass is 9.99. The molecule has 3 nitrogen and oxygen atoms in total. The summed E-state index contributed by atoms with van der Waals surface area (Å²) in [6, 6.07) is 6.50. The minimum Gasteiger partial charge on any atom is -0.312 e. The van der Waals surface area contributed by atoms with Crippen molar-refractivity contribution in [1.82, 2.24) is 4.90 Å². The third-order valence-corrected chi connectivity index (χ3v) is 3.78. The average Bonchev–Trinajstić information content (AvgIpc) is 2.75. The first kappa shape index (κ1) is 10.8. The molecule has 90 valence electrons. The SMILES string of the molecule is CN1CCc2cc(N3CCCC3=O)ccc2C1. The fraction of sp³-hybridized carbons (Fsp3) is 0.500. The Morgan fingerprint density at radius 3 is 2.76 bits per heavy atom. The molecule has 0 atom stereocenters. The van der Waals surface area contributed by atoms with Crippen LogP contribution < -0.4 is 4.90 Å². The van der Waals surface area contributed by atoms with E-state index < -0.39 is 0 Å². The van der Waals surface area contributed by atoms with Crippen molar-refractivity contribution in [1.29, 1.82) is 0 Å². The lowest BCUT2D eigenvalue weighted by molar-refractivity contribution is -0.117. The summed E-state index contributed by atoms with van der Waals surface area (Å²) in [4.78, 5) is 16.0. The van der Waals surface area contributed by atoms with Crippen LogP contribution in [0.5, 0.6) is 0 Å². The van der Waals surface area contributed by atoms with E-state index in [1.54, 1.807) is 0 Å². The zero-order valence-electron chi connectivity index (χ0n) is 10.3. The van der Waals surface area contributed by atoms with E-state index in [1.807, 2.05) is 4.90 Å². The van der Waals surface area contributed by atoms with Crippen LogP contribution >= 0.6 is 0 Å². The molecule has 1 fully saturated rings. The summed E-state index contributed by atoms with van der Waals surface area (Å²) >= 11 is 0. The second kappa shape index (κ2) is 4.15. The number of hydrogen-bond donors (Lipinski definition) is 0. The monoisotopic (exact) mass is 230 g/mol. The molecule has 0 saturated carbocycles. The smallest absolute Gasteiger partial charge is 0.227 e. The highest BCUT2D eigenvalue weighted by Gasteiger charge is 2.23. The van der Waals surface area contributed by atoms with Gasteiger partial charge < -0.3 is 9.80 Å². The Bertz CT molecular complexity index is 456. The van der Waals surface area contributed by atoms with Crippen LogP contribution in [-0.4, -0.2) is 30.9 Å². The molecule has 1 aromatic rings. The fourth-order valence-corrected chi connectivity index (χ4v) is 2.77. The highest BCUT2D eigenvalue weighted by molar-refractivity contribution is 5.95. The molecule has 2 heterocycles. The van der Waals surface area contributed by atoms with Gasteiger partial charge in [0, 0.05) is 31.7 Å². The number of likely N-dealkylation sites (N-methyl/N-ethyl adjacent to an activating group) is 1. The molecule has 3 heteroatoms. The van der Waals surface area contributed by atoms with Crippen LogP contribution in [0.3, 0.4) is 0 Å². The average molecular weight is 230 g/mol. The second-order valence-corrected chi connectivity index (χ2v) is 5.09. The first-order valence-electron chi connectivity index (χ1n) is 6.35. The van der Waals surface area contributed by atoms with Gasteiger partial charge in [-0.2, -0.15) is 0 Å². The molecule has 2 aliphatic rings. The third kappa shape index (κ3) is 1.95. The second-order valence-electron chi connectivity index (χ2n) is 5.09. The number of anilines is 1. The van der Waals surface area contributed by atoms with E-state index in [0.29, 0.717) is 6.42 Å². The minimum atomic E-state index is 0.276. The van der Waals surface area contributed by atoms with E-state index in [2.05, 4.69) is 30.1 Å².